The van der Waals surface area contributed by atoms with Gasteiger partial charge in [0.15, 0.2) is 9.84 Å². The molecule has 1 fully saturated rings. The van der Waals surface area contributed by atoms with E-state index in [9.17, 15) is 8.42 Å². The fourth-order valence-corrected chi connectivity index (χ4v) is 5.52. The first-order valence-corrected chi connectivity index (χ1v) is 8.96. The number of rotatable bonds is 4. The van der Waals surface area contributed by atoms with Crippen molar-refractivity contribution in [2.75, 3.05) is 6.54 Å². The number of nitrogens with one attached hydrogen (secondary N) is 1. The molecule has 0 bridgehead atoms. The number of benzene rings is 1. The standard InChI is InChI=1S/C16H25NO2S/c1-4-17-15-14(11-8-12-16(15,2)3)20(18,19)13-9-6-5-7-10-13/h5-7,9-10,14-15,17H,4,8,11-12H2,1-3H3. The van der Waals surface area contributed by atoms with Crippen LogP contribution in [-0.4, -0.2) is 26.3 Å². The predicted molar refractivity (Wildman–Crippen MR) is 82.5 cm³/mol. The minimum absolute atomic E-state index is 0.0147. The van der Waals surface area contributed by atoms with Gasteiger partial charge in [0, 0.05) is 6.04 Å². The summed E-state index contributed by atoms with van der Waals surface area (Å²) in [5.41, 5.74) is 0.0147. The third-order valence-corrected chi connectivity index (χ3v) is 6.65. The fourth-order valence-electron chi connectivity index (χ4n) is 3.33. The summed E-state index contributed by atoms with van der Waals surface area (Å²) in [5.74, 6) is 0. The molecule has 1 N–H and O–H groups in total. The van der Waals surface area contributed by atoms with Crippen molar-refractivity contribution in [3.05, 3.63) is 30.3 Å². The number of hydrogen-bond acceptors (Lipinski definition) is 3. The Bertz CT molecular complexity index is 537. The van der Waals surface area contributed by atoms with E-state index >= 15 is 0 Å². The van der Waals surface area contributed by atoms with Gasteiger partial charge in [0.1, 0.15) is 0 Å². The van der Waals surface area contributed by atoms with Crippen LogP contribution < -0.4 is 5.32 Å². The van der Waals surface area contributed by atoms with E-state index in [0.717, 1.165) is 25.8 Å². The van der Waals surface area contributed by atoms with Crippen molar-refractivity contribution in [2.24, 2.45) is 5.41 Å². The van der Waals surface area contributed by atoms with Gasteiger partial charge < -0.3 is 5.32 Å². The monoisotopic (exact) mass is 295 g/mol. The summed E-state index contributed by atoms with van der Waals surface area (Å²) in [6.45, 7) is 7.19. The average Bonchev–Trinajstić information content (AvgIpc) is 2.42. The summed E-state index contributed by atoms with van der Waals surface area (Å²) >= 11 is 0. The Hall–Kier alpha value is -0.870. The minimum Gasteiger partial charge on any atom is -0.312 e. The normalized spacial score (nSPS) is 26.4. The minimum atomic E-state index is -3.27. The van der Waals surface area contributed by atoms with Gasteiger partial charge in [-0.25, -0.2) is 8.42 Å². The van der Waals surface area contributed by atoms with Crippen molar-refractivity contribution < 1.29 is 8.42 Å². The second-order valence-corrected chi connectivity index (χ2v) is 8.48. The quantitative estimate of drug-likeness (QED) is 0.929. The molecular weight excluding hydrogens is 270 g/mol. The lowest BCUT2D eigenvalue weighted by atomic mass is 9.73. The first kappa shape index (κ1) is 15.5. The maximum absolute atomic E-state index is 12.9. The third-order valence-electron chi connectivity index (χ3n) is 4.42. The highest BCUT2D eigenvalue weighted by molar-refractivity contribution is 7.92. The molecule has 2 atom stereocenters. The fraction of sp³-hybridized carbons (Fsp3) is 0.625. The van der Waals surface area contributed by atoms with Crippen molar-refractivity contribution in [1.29, 1.82) is 0 Å². The Morgan fingerprint density at radius 1 is 1.25 bits per heavy atom. The SMILES string of the molecule is CCNC1C(S(=O)(=O)c2ccccc2)CCCC1(C)C. The topological polar surface area (TPSA) is 46.2 Å². The number of sulfone groups is 1. The molecule has 1 aromatic carbocycles. The molecule has 1 aliphatic rings. The van der Waals surface area contributed by atoms with Crippen LogP contribution in [0.4, 0.5) is 0 Å². The van der Waals surface area contributed by atoms with E-state index in [0.29, 0.717) is 4.90 Å². The summed E-state index contributed by atoms with van der Waals surface area (Å²) in [7, 11) is -3.27. The van der Waals surface area contributed by atoms with E-state index in [1.54, 1.807) is 24.3 Å². The smallest absolute Gasteiger partial charge is 0.182 e. The molecule has 3 nitrogen and oxygen atoms in total. The largest absolute Gasteiger partial charge is 0.312 e. The summed E-state index contributed by atoms with van der Waals surface area (Å²) in [6, 6.07) is 8.88. The first-order valence-electron chi connectivity index (χ1n) is 7.42. The Kier molecular flexibility index (Phi) is 4.55. The maximum atomic E-state index is 12.9. The summed E-state index contributed by atoms with van der Waals surface area (Å²) in [5, 5.41) is 3.10. The average molecular weight is 295 g/mol. The maximum Gasteiger partial charge on any atom is 0.182 e. The van der Waals surface area contributed by atoms with Gasteiger partial charge in [-0.05, 0) is 36.9 Å². The van der Waals surface area contributed by atoms with Crippen molar-refractivity contribution in [1.82, 2.24) is 5.32 Å². The highest BCUT2D eigenvalue weighted by Crippen LogP contribution is 2.40. The Balaban J connectivity index is 2.38. The van der Waals surface area contributed by atoms with Gasteiger partial charge in [-0.1, -0.05) is 45.4 Å². The van der Waals surface area contributed by atoms with Crippen LogP contribution in [0, 0.1) is 5.41 Å². The molecule has 2 unspecified atom stereocenters. The highest BCUT2D eigenvalue weighted by Gasteiger charge is 2.44. The van der Waals surface area contributed by atoms with Gasteiger partial charge in [-0.3, -0.25) is 0 Å². The first-order chi connectivity index (χ1) is 9.39. The molecule has 2 rings (SSSR count). The van der Waals surface area contributed by atoms with Crippen LogP contribution in [-0.2, 0) is 9.84 Å². The van der Waals surface area contributed by atoms with Crippen LogP contribution in [0.1, 0.15) is 40.0 Å². The van der Waals surface area contributed by atoms with Crippen LogP contribution in [0.15, 0.2) is 35.2 Å². The molecule has 1 aliphatic carbocycles. The van der Waals surface area contributed by atoms with Crippen LogP contribution in [0.5, 0.6) is 0 Å². The van der Waals surface area contributed by atoms with E-state index in [-0.39, 0.29) is 16.7 Å². The van der Waals surface area contributed by atoms with Gasteiger partial charge in [-0.2, -0.15) is 0 Å². The molecule has 1 aromatic rings. The van der Waals surface area contributed by atoms with Crippen LogP contribution >= 0.6 is 0 Å². The molecule has 0 aromatic heterocycles. The second-order valence-electron chi connectivity index (χ2n) is 6.31. The van der Waals surface area contributed by atoms with E-state index < -0.39 is 9.84 Å². The van der Waals surface area contributed by atoms with Crippen molar-refractivity contribution in [3.63, 3.8) is 0 Å². The molecule has 0 aliphatic heterocycles. The third kappa shape index (κ3) is 2.91. The molecule has 0 spiro atoms. The van der Waals surface area contributed by atoms with Gasteiger partial charge in [0.25, 0.3) is 0 Å². The van der Waals surface area contributed by atoms with Crippen molar-refractivity contribution in [2.45, 2.75) is 56.2 Å². The molecule has 0 saturated heterocycles. The zero-order chi connectivity index (χ0) is 14.8. The van der Waals surface area contributed by atoms with Gasteiger partial charge >= 0.3 is 0 Å². The van der Waals surface area contributed by atoms with E-state index in [4.69, 9.17) is 0 Å². The van der Waals surface area contributed by atoms with Gasteiger partial charge in [-0.15, -0.1) is 0 Å². The highest BCUT2D eigenvalue weighted by atomic mass is 32.2. The lowest BCUT2D eigenvalue weighted by Gasteiger charge is -2.44. The van der Waals surface area contributed by atoms with E-state index in [1.807, 2.05) is 13.0 Å². The molecule has 20 heavy (non-hydrogen) atoms. The van der Waals surface area contributed by atoms with E-state index in [2.05, 4.69) is 19.2 Å². The summed E-state index contributed by atoms with van der Waals surface area (Å²) in [4.78, 5) is 0.450. The molecule has 1 saturated carbocycles. The van der Waals surface area contributed by atoms with Gasteiger partial charge in [0.05, 0.1) is 10.1 Å². The van der Waals surface area contributed by atoms with Crippen LogP contribution in [0.2, 0.25) is 0 Å². The predicted octanol–water partition coefficient (Wildman–Crippen LogP) is 3.02. The lowest BCUT2D eigenvalue weighted by Crippen LogP contribution is -2.55. The molecule has 4 heteroatoms. The van der Waals surface area contributed by atoms with Crippen LogP contribution in [0.25, 0.3) is 0 Å². The molecule has 0 radical (unpaired) electrons. The molecule has 112 valence electrons. The zero-order valence-corrected chi connectivity index (χ0v) is 13.4. The number of hydrogen-bond donors (Lipinski definition) is 1. The summed E-state index contributed by atoms with van der Waals surface area (Å²) in [6.07, 6.45) is 2.80. The Labute approximate surface area is 122 Å². The van der Waals surface area contributed by atoms with Gasteiger partial charge in [0.2, 0.25) is 0 Å². The molecule has 0 amide bonds. The molecular formula is C16H25NO2S. The molecule has 0 heterocycles. The van der Waals surface area contributed by atoms with Crippen LogP contribution in [0.3, 0.4) is 0 Å². The van der Waals surface area contributed by atoms with E-state index in [1.165, 1.54) is 0 Å². The van der Waals surface area contributed by atoms with Crippen molar-refractivity contribution in [3.8, 4) is 0 Å². The lowest BCUT2D eigenvalue weighted by molar-refractivity contribution is 0.172. The zero-order valence-electron chi connectivity index (χ0n) is 12.6. The Morgan fingerprint density at radius 3 is 2.50 bits per heavy atom. The van der Waals surface area contributed by atoms with Crippen molar-refractivity contribution >= 4 is 9.84 Å². The summed E-state index contributed by atoms with van der Waals surface area (Å²) < 4.78 is 25.8. The Morgan fingerprint density at radius 2 is 1.90 bits per heavy atom. The second kappa shape index (κ2) is 5.86.